The van der Waals surface area contributed by atoms with Crippen molar-refractivity contribution in [1.29, 1.82) is 0 Å². The summed E-state index contributed by atoms with van der Waals surface area (Å²) in [6.45, 7) is 11.8. The van der Waals surface area contributed by atoms with E-state index in [0.717, 1.165) is 30.9 Å². The summed E-state index contributed by atoms with van der Waals surface area (Å²) in [5.41, 5.74) is 1.28. The van der Waals surface area contributed by atoms with Crippen molar-refractivity contribution in [3.63, 3.8) is 0 Å². The van der Waals surface area contributed by atoms with Crippen LogP contribution in [0, 0.1) is 11.8 Å². The molecular formula is C26H49N3O5S2. The molecule has 0 aliphatic carbocycles. The van der Waals surface area contributed by atoms with Gasteiger partial charge in [-0.05, 0) is 38.5 Å². The van der Waals surface area contributed by atoms with Gasteiger partial charge in [-0.25, -0.2) is 8.42 Å². The van der Waals surface area contributed by atoms with Crippen LogP contribution in [-0.2, 0) is 24.4 Å². The van der Waals surface area contributed by atoms with Gasteiger partial charge in [-0.2, -0.15) is 11.8 Å². The van der Waals surface area contributed by atoms with Crippen molar-refractivity contribution in [2.45, 2.75) is 105 Å². The van der Waals surface area contributed by atoms with Crippen molar-refractivity contribution in [2.75, 3.05) is 17.8 Å². The largest absolute Gasteiger partial charge is 0.345 e. The molecule has 0 fully saturated rings. The van der Waals surface area contributed by atoms with Crippen LogP contribution < -0.4 is 15.4 Å². The molecule has 3 amide bonds. The Balaban J connectivity index is 4.56. The van der Waals surface area contributed by atoms with Gasteiger partial charge in [0.05, 0.1) is 6.26 Å². The summed E-state index contributed by atoms with van der Waals surface area (Å²) in [6, 6.07) is -1.88. The van der Waals surface area contributed by atoms with Crippen molar-refractivity contribution in [3.8, 4) is 0 Å². The second-order valence-electron chi connectivity index (χ2n) is 10.1. The van der Waals surface area contributed by atoms with Crippen LogP contribution in [0.2, 0.25) is 0 Å². The Hall–Kier alpha value is -1.55. The van der Waals surface area contributed by atoms with Gasteiger partial charge in [0.25, 0.3) is 5.91 Å². The molecule has 8 nitrogen and oxygen atoms in total. The highest BCUT2D eigenvalue weighted by atomic mass is 32.2. The molecule has 0 bridgehead atoms. The molecular weight excluding hydrogens is 498 g/mol. The van der Waals surface area contributed by atoms with Crippen LogP contribution in [0.3, 0.4) is 0 Å². The van der Waals surface area contributed by atoms with Crippen molar-refractivity contribution >= 4 is 39.5 Å². The van der Waals surface area contributed by atoms with Crippen LogP contribution in [0.1, 0.15) is 92.9 Å². The zero-order chi connectivity index (χ0) is 27.7. The van der Waals surface area contributed by atoms with Gasteiger partial charge < -0.3 is 10.6 Å². The summed E-state index contributed by atoms with van der Waals surface area (Å²) in [4.78, 5) is 35.9. The summed E-state index contributed by atoms with van der Waals surface area (Å²) in [6.07, 6.45) is 12.9. The minimum Gasteiger partial charge on any atom is -0.345 e. The monoisotopic (exact) mass is 547 g/mol. The van der Waals surface area contributed by atoms with E-state index in [-0.39, 0.29) is 11.7 Å². The van der Waals surface area contributed by atoms with E-state index in [1.54, 1.807) is 0 Å². The van der Waals surface area contributed by atoms with Gasteiger partial charge in [-0.3, -0.25) is 19.1 Å². The third-order valence-electron chi connectivity index (χ3n) is 6.01. The van der Waals surface area contributed by atoms with Crippen LogP contribution in [0.4, 0.5) is 0 Å². The predicted octanol–water partition coefficient (Wildman–Crippen LogP) is 4.16. The number of amides is 3. The first kappa shape index (κ1) is 34.5. The smallest absolute Gasteiger partial charge is 0.256 e. The molecule has 0 aliphatic heterocycles. The quantitative estimate of drug-likeness (QED) is 0.165. The Morgan fingerprint density at radius 2 is 1.47 bits per heavy atom. The van der Waals surface area contributed by atoms with Crippen molar-refractivity contribution < 1.29 is 22.8 Å². The normalized spacial score (nSPS) is 15.5. The number of carbonyl (C=O) groups is 3. The fourth-order valence-corrected chi connectivity index (χ4v) is 5.44. The average molecular weight is 548 g/mol. The maximum atomic E-state index is 12.4. The molecule has 0 saturated heterocycles. The molecule has 36 heavy (non-hydrogen) atoms. The highest BCUT2D eigenvalue weighted by molar-refractivity contribution is 7.99. The van der Waals surface area contributed by atoms with E-state index >= 15 is 0 Å². The zero-order valence-electron chi connectivity index (χ0n) is 23.3. The Morgan fingerprint density at radius 1 is 0.889 bits per heavy atom. The van der Waals surface area contributed by atoms with E-state index < -0.39 is 33.9 Å². The molecule has 210 valence electrons. The fourth-order valence-electron chi connectivity index (χ4n) is 3.92. The number of hydrogen-bond donors (Lipinski definition) is 3. The van der Waals surface area contributed by atoms with Gasteiger partial charge in [-0.15, -0.1) is 0 Å². The molecule has 0 saturated carbocycles. The van der Waals surface area contributed by atoms with Crippen molar-refractivity contribution in [2.24, 2.45) is 11.8 Å². The minimum absolute atomic E-state index is 0.206. The molecule has 0 rings (SSSR count). The molecule has 0 aromatic heterocycles. The van der Waals surface area contributed by atoms with Crippen LogP contribution in [0.5, 0.6) is 0 Å². The summed E-state index contributed by atoms with van der Waals surface area (Å²) < 4.78 is 24.9. The van der Waals surface area contributed by atoms with Crippen LogP contribution in [-0.4, -0.2) is 56.0 Å². The van der Waals surface area contributed by atoms with Gasteiger partial charge in [0, 0.05) is 18.4 Å². The second kappa shape index (κ2) is 18.7. The molecule has 0 aromatic rings. The first-order chi connectivity index (χ1) is 16.7. The Morgan fingerprint density at radius 3 is 2.03 bits per heavy atom. The van der Waals surface area contributed by atoms with Gasteiger partial charge in [0.1, 0.15) is 12.1 Å². The molecule has 4 atom stereocenters. The van der Waals surface area contributed by atoms with Crippen molar-refractivity contribution in [1.82, 2.24) is 15.4 Å². The third kappa shape index (κ3) is 18.7. The average Bonchev–Trinajstić information content (AvgIpc) is 2.74. The maximum absolute atomic E-state index is 12.4. The van der Waals surface area contributed by atoms with Gasteiger partial charge >= 0.3 is 0 Å². The first-order valence-electron chi connectivity index (χ1n) is 13.1. The summed E-state index contributed by atoms with van der Waals surface area (Å²) >= 11 is 1.43. The lowest BCUT2D eigenvalue weighted by Crippen LogP contribution is -2.54. The highest BCUT2D eigenvalue weighted by Gasteiger charge is 2.25. The molecule has 0 radical (unpaired) electrons. The number of hydrogen-bond acceptors (Lipinski definition) is 6. The molecule has 0 heterocycles. The van der Waals surface area contributed by atoms with E-state index in [9.17, 15) is 22.8 Å². The standard InChI is InChI=1S/C26H49N3O5S2/c1-8-11-19(2)12-9-13-20(3)14-10-15-21(4)16-17-35-18-24(26(32)29-36(7,33)34)28-25(31)22(5)27-23(6)30/h16,19-20,22,24H,8-15,17-18H2,1-7H3,(H,27,30)(H,28,31)(H,29,32)/b21-16+. The number of sulfonamides is 1. The lowest BCUT2D eigenvalue weighted by Gasteiger charge is -2.20. The van der Waals surface area contributed by atoms with Crippen molar-refractivity contribution in [3.05, 3.63) is 11.6 Å². The predicted molar refractivity (Wildman–Crippen MR) is 150 cm³/mol. The maximum Gasteiger partial charge on any atom is 0.256 e. The molecule has 0 aromatic carbocycles. The molecule has 4 unspecified atom stereocenters. The third-order valence-corrected chi connectivity index (χ3v) is 7.55. The Labute approximate surface area is 223 Å². The first-order valence-corrected chi connectivity index (χ1v) is 16.1. The molecule has 10 heteroatoms. The van der Waals surface area contributed by atoms with Gasteiger partial charge in [-0.1, -0.05) is 70.9 Å². The number of carbonyl (C=O) groups excluding carboxylic acids is 3. The number of rotatable bonds is 19. The van der Waals surface area contributed by atoms with Crippen LogP contribution in [0.15, 0.2) is 11.6 Å². The van der Waals surface area contributed by atoms with Gasteiger partial charge in [0.15, 0.2) is 0 Å². The number of allylic oxidation sites excluding steroid dienone is 1. The van der Waals surface area contributed by atoms with E-state index in [1.165, 1.54) is 69.7 Å². The summed E-state index contributed by atoms with van der Waals surface area (Å²) in [7, 11) is -3.76. The van der Waals surface area contributed by atoms with E-state index in [0.29, 0.717) is 5.75 Å². The van der Waals surface area contributed by atoms with E-state index in [2.05, 4.69) is 44.4 Å². The molecule has 0 aliphatic rings. The summed E-state index contributed by atoms with van der Waals surface area (Å²) in [5.74, 6) is 0.690. The second-order valence-corrected chi connectivity index (χ2v) is 13.0. The van der Waals surface area contributed by atoms with E-state index in [1.807, 2.05) is 4.72 Å². The topological polar surface area (TPSA) is 121 Å². The molecule has 3 N–H and O–H groups in total. The van der Waals surface area contributed by atoms with Crippen LogP contribution >= 0.6 is 11.8 Å². The lowest BCUT2D eigenvalue weighted by molar-refractivity contribution is -0.130. The number of nitrogens with one attached hydrogen (secondary N) is 3. The lowest BCUT2D eigenvalue weighted by atomic mass is 9.93. The zero-order valence-corrected chi connectivity index (χ0v) is 24.9. The fraction of sp³-hybridized carbons (Fsp3) is 0.808. The Bertz CT molecular complexity index is 814. The van der Waals surface area contributed by atoms with Crippen LogP contribution in [0.25, 0.3) is 0 Å². The minimum atomic E-state index is -3.76. The van der Waals surface area contributed by atoms with Gasteiger partial charge in [0.2, 0.25) is 21.8 Å². The number of thioether (sulfide) groups is 1. The SMILES string of the molecule is CCCC(C)CCCC(C)CCC/C(C)=C/CSCC(NC(=O)C(C)NC(C)=O)C(=O)NS(C)(=O)=O. The Kier molecular flexibility index (Phi) is 17.9. The van der Waals surface area contributed by atoms with E-state index in [4.69, 9.17) is 0 Å². The highest BCUT2D eigenvalue weighted by Crippen LogP contribution is 2.21. The summed E-state index contributed by atoms with van der Waals surface area (Å²) in [5, 5.41) is 4.99. The molecule has 0 spiro atoms.